The summed E-state index contributed by atoms with van der Waals surface area (Å²) in [6.45, 7) is 3.96. The van der Waals surface area contributed by atoms with Crippen molar-refractivity contribution in [3.8, 4) is 11.5 Å². The summed E-state index contributed by atoms with van der Waals surface area (Å²) in [4.78, 5) is 18.4. The van der Waals surface area contributed by atoms with Crippen molar-refractivity contribution in [3.05, 3.63) is 47.3 Å². The van der Waals surface area contributed by atoms with Crippen LogP contribution in [0.5, 0.6) is 11.5 Å². The number of aromatic nitrogens is 1. The fraction of sp³-hybridized carbons (Fsp3) is 0.429. The molecule has 0 saturated carbocycles. The largest absolute Gasteiger partial charge is 0.494 e. The van der Waals surface area contributed by atoms with Gasteiger partial charge in [-0.1, -0.05) is 0 Å². The van der Waals surface area contributed by atoms with Gasteiger partial charge in [-0.25, -0.2) is 8.42 Å². The molecule has 1 fully saturated rings. The SMILES string of the molecule is COc1c(S(C)(=O)=O)ccc(OC(C)C)c1C(=O)N1CC(c2ccc(C(F)(F)F)cn2)C1. The molecule has 1 aliphatic heterocycles. The number of pyridine rings is 1. The van der Waals surface area contributed by atoms with Gasteiger partial charge in [-0.15, -0.1) is 0 Å². The van der Waals surface area contributed by atoms with Crippen LogP contribution in [-0.4, -0.2) is 56.8 Å². The average Bonchev–Trinajstić information content (AvgIpc) is 2.64. The molecule has 0 atom stereocenters. The Kier molecular flexibility index (Phi) is 6.41. The Hall–Kier alpha value is -2.82. The summed E-state index contributed by atoms with van der Waals surface area (Å²) in [5.74, 6) is -0.650. The molecule has 2 heterocycles. The van der Waals surface area contributed by atoms with Crippen LogP contribution >= 0.6 is 0 Å². The van der Waals surface area contributed by atoms with Crippen LogP contribution in [0.3, 0.4) is 0 Å². The van der Waals surface area contributed by atoms with Gasteiger partial charge in [0.25, 0.3) is 5.91 Å². The molecule has 0 radical (unpaired) electrons. The van der Waals surface area contributed by atoms with Gasteiger partial charge in [-0.05, 0) is 38.1 Å². The number of alkyl halides is 3. The molecule has 32 heavy (non-hydrogen) atoms. The quantitative estimate of drug-likeness (QED) is 0.639. The first-order valence-corrected chi connectivity index (χ1v) is 11.6. The number of nitrogens with zero attached hydrogens (tertiary/aromatic N) is 2. The van der Waals surface area contributed by atoms with E-state index >= 15 is 0 Å². The number of carbonyl (C=O) groups is 1. The predicted octanol–water partition coefficient (Wildman–Crippen LogP) is 3.54. The lowest BCUT2D eigenvalue weighted by molar-refractivity contribution is -0.137. The molecule has 7 nitrogen and oxygen atoms in total. The number of sulfone groups is 1. The molecule has 174 valence electrons. The van der Waals surface area contributed by atoms with Gasteiger partial charge in [0, 0.05) is 37.2 Å². The van der Waals surface area contributed by atoms with Gasteiger partial charge >= 0.3 is 6.18 Å². The highest BCUT2D eigenvalue weighted by molar-refractivity contribution is 7.90. The third kappa shape index (κ3) is 4.82. The molecule has 1 aromatic carbocycles. The Labute approximate surface area is 184 Å². The second kappa shape index (κ2) is 8.61. The number of rotatable bonds is 6. The van der Waals surface area contributed by atoms with E-state index in [2.05, 4.69) is 4.98 Å². The van der Waals surface area contributed by atoms with E-state index in [1.807, 2.05) is 0 Å². The summed E-state index contributed by atoms with van der Waals surface area (Å²) in [7, 11) is -2.42. The van der Waals surface area contributed by atoms with Crippen molar-refractivity contribution in [3.63, 3.8) is 0 Å². The summed E-state index contributed by atoms with van der Waals surface area (Å²) in [5.41, 5.74) is -0.410. The van der Waals surface area contributed by atoms with Gasteiger partial charge in [0.15, 0.2) is 15.6 Å². The van der Waals surface area contributed by atoms with Crippen LogP contribution in [0.4, 0.5) is 13.2 Å². The van der Waals surface area contributed by atoms with E-state index in [9.17, 15) is 26.4 Å². The zero-order valence-electron chi connectivity index (χ0n) is 17.9. The number of likely N-dealkylation sites (tertiary alicyclic amines) is 1. The molecular formula is C21H23F3N2O5S. The van der Waals surface area contributed by atoms with Gasteiger partial charge in [0.2, 0.25) is 0 Å². The molecule has 11 heteroatoms. The number of methoxy groups -OCH3 is 1. The second-order valence-electron chi connectivity index (χ2n) is 7.79. The molecule has 1 aliphatic rings. The summed E-state index contributed by atoms with van der Waals surface area (Å²) in [6.07, 6.45) is -2.97. The van der Waals surface area contributed by atoms with Gasteiger partial charge in [0.05, 0.1) is 18.8 Å². The maximum Gasteiger partial charge on any atom is 0.417 e. The highest BCUT2D eigenvalue weighted by Crippen LogP contribution is 2.39. The minimum Gasteiger partial charge on any atom is -0.494 e. The number of halogens is 3. The smallest absolute Gasteiger partial charge is 0.417 e. The highest BCUT2D eigenvalue weighted by atomic mass is 32.2. The van der Waals surface area contributed by atoms with Gasteiger partial charge in [0.1, 0.15) is 16.2 Å². The molecule has 0 bridgehead atoms. The topological polar surface area (TPSA) is 85.8 Å². The van der Waals surface area contributed by atoms with Crippen molar-refractivity contribution in [2.75, 3.05) is 26.5 Å². The van der Waals surface area contributed by atoms with Crippen LogP contribution < -0.4 is 9.47 Å². The summed E-state index contributed by atoms with van der Waals surface area (Å²) < 4.78 is 73.5. The third-order valence-electron chi connectivity index (χ3n) is 4.96. The molecule has 0 spiro atoms. The minimum atomic E-state index is -4.47. The normalized spacial score (nSPS) is 14.9. The molecule has 3 rings (SSSR count). The molecule has 0 N–H and O–H groups in total. The maximum absolute atomic E-state index is 13.3. The molecule has 2 aromatic rings. The standard InChI is InChI=1S/C21H23F3N2O5S/c1-12(2)31-16-7-8-17(32(4,28)29)19(30-3)18(16)20(27)26-10-13(11-26)15-6-5-14(9-25-15)21(22,23)24/h5-9,12-13H,10-11H2,1-4H3. The van der Waals surface area contributed by atoms with Crippen molar-refractivity contribution in [1.29, 1.82) is 0 Å². The van der Waals surface area contributed by atoms with Crippen LogP contribution in [0.15, 0.2) is 35.4 Å². The lowest BCUT2D eigenvalue weighted by Gasteiger charge is -2.39. The number of ether oxygens (including phenoxy) is 2. The predicted molar refractivity (Wildman–Crippen MR) is 110 cm³/mol. The zero-order chi connectivity index (χ0) is 23.8. The maximum atomic E-state index is 13.3. The summed E-state index contributed by atoms with van der Waals surface area (Å²) in [6, 6.07) is 5.00. The van der Waals surface area contributed by atoms with Crippen molar-refractivity contribution in [2.24, 2.45) is 0 Å². The zero-order valence-corrected chi connectivity index (χ0v) is 18.7. The van der Waals surface area contributed by atoms with Crippen LogP contribution in [-0.2, 0) is 16.0 Å². The van der Waals surface area contributed by atoms with Crippen LogP contribution in [0.2, 0.25) is 0 Å². The Morgan fingerprint density at radius 2 is 1.84 bits per heavy atom. The monoisotopic (exact) mass is 472 g/mol. The molecule has 1 saturated heterocycles. The number of benzene rings is 1. The number of carbonyl (C=O) groups excluding carboxylic acids is 1. The third-order valence-corrected chi connectivity index (χ3v) is 6.08. The first-order valence-electron chi connectivity index (χ1n) is 9.73. The molecular weight excluding hydrogens is 449 g/mol. The lowest BCUT2D eigenvalue weighted by Crippen LogP contribution is -2.49. The van der Waals surface area contributed by atoms with E-state index in [1.54, 1.807) is 13.8 Å². The Morgan fingerprint density at radius 1 is 1.19 bits per heavy atom. The minimum absolute atomic E-state index is 0.0112. The van der Waals surface area contributed by atoms with E-state index in [0.717, 1.165) is 18.5 Å². The van der Waals surface area contributed by atoms with E-state index in [4.69, 9.17) is 9.47 Å². The first-order chi connectivity index (χ1) is 14.8. The first kappa shape index (κ1) is 23.8. The van der Waals surface area contributed by atoms with Crippen molar-refractivity contribution in [1.82, 2.24) is 9.88 Å². The number of hydrogen-bond acceptors (Lipinski definition) is 6. The van der Waals surface area contributed by atoms with Crippen molar-refractivity contribution >= 4 is 15.7 Å². The fourth-order valence-electron chi connectivity index (χ4n) is 3.40. The molecule has 0 aliphatic carbocycles. The van der Waals surface area contributed by atoms with E-state index in [1.165, 1.54) is 30.2 Å². The van der Waals surface area contributed by atoms with E-state index < -0.39 is 27.5 Å². The fourth-order valence-corrected chi connectivity index (χ4v) is 4.24. The second-order valence-corrected chi connectivity index (χ2v) is 9.77. The summed E-state index contributed by atoms with van der Waals surface area (Å²) >= 11 is 0. The van der Waals surface area contributed by atoms with Crippen LogP contribution in [0.1, 0.15) is 41.4 Å². The van der Waals surface area contributed by atoms with E-state index in [-0.39, 0.29) is 47.1 Å². The van der Waals surface area contributed by atoms with Crippen LogP contribution in [0, 0.1) is 0 Å². The van der Waals surface area contributed by atoms with Gasteiger partial charge in [-0.3, -0.25) is 9.78 Å². The summed E-state index contributed by atoms with van der Waals surface area (Å²) in [5, 5.41) is 0. The van der Waals surface area contributed by atoms with Gasteiger partial charge in [-0.2, -0.15) is 13.2 Å². The Bertz CT molecular complexity index is 1110. The highest BCUT2D eigenvalue weighted by Gasteiger charge is 2.38. The number of amides is 1. The van der Waals surface area contributed by atoms with Crippen molar-refractivity contribution in [2.45, 2.75) is 36.9 Å². The molecule has 1 aromatic heterocycles. The molecule has 0 unspecified atom stereocenters. The van der Waals surface area contributed by atoms with Crippen LogP contribution in [0.25, 0.3) is 0 Å². The van der Waals surface area contributed by atoms with Crippen molar-refractivity contribution < 1.29 is 35.9 Å². The molecule has 1 amide bonds. The van der Waals surface area contributed by atoms with E-state index in [0.29, 0.717) is 5.69 Å². The van der Waals surface area contributed by atoms with Gasteiger partial charge < -0.3 is 14.4 Å². The Balaban J connectivity index is 1.88. The average molecular weight is 472 g/mol. The Morgan fingerprint density at radius 3 is 2.31 bits per heavy atom. The number of hydrogen-bond donors (Lipinski definition) is 0. The lowest BCUT2D eigenvalue weighted by atomic mass is 9.94.